The normalized spacial score (nSPS) is 16.8. The van der Waals surface area contributed by atoms with Crippen molar-refractivity contribution in [2.75, 3.05) is 26.9 Å². The van der Waals surface area contributed by atoms with Crippen LogP contribution in [0.3, 0.4) is 0 Å². The minimum absolute atomic E-state index is 0.0126. The Kier molecular flexibility index (Phi) is 7.56. The van der Waals surface area contributed by atoms with Crippen molar-refractivity contribution in [3.8, 4) is 11.1 Å². The quantitative estimate of drug-likeness (QED) is 0.687. The maximum Gasteiger partial charge on any atom is 0.226 e. The number of nitrogens with one attached hydrogen (secondary N) is 1. The Morgan fingerprint density at radius 1 is 1.17 bits per heavy atom. The summed E-state index contributed by atoms with van der Waals surface area (Å²) in [6.45, 7) is 3.51. The third-order valence-corrected chi connectivity index (χ3v) is 5.99. The van der Waals surface area contributed by atoms with E-state index in [1.54, 1.807) is 13.2 Å². The predicted octanol–water partition coefficient (Wildman–Crippen LogP) is 4.51. The van der Waals surface area contributed by atoms with Gasteiger partial charge in [-0.3, -0.25) is 4.79 Å². The summed E-state index contributed by atoms with van der Waals surface area (Å²) in [6, 6.07) is 11.5. The van der Waals surface area contributed by atoms with E-state index in [4.69, 9.17) is 9.47 Å². The molecule has 1 N–H and O–H groups in total. The molecular weight excluding hydrogens is 388 g/mol. The zero-order valence-corrected chi connectivity index (χ0v) is 17.5. The lowest BCUT2D eigenvalue weighted by molar-refractivity contribution is -0.137. The zero-order valence-electron chi connectivity index (χ0n) is 17.5. The summed E-state index contributed by atoms with van der Waals surface area (Å²) in [7, 11) is 1.64. The number of methoxy groups -OCH3 is 1. The summed E-state index contributed by atoms with van der Waals surface area (Å²) in [5.41, 5.74) is 1.72. The number of hydrogen-bond donors (Lipinski definition) is 1. The molecule has 30 heavy (non-hydrogen) atoms. The summed E-state index contributed by atoms with van der Waals surface area (Å²) in [6.07, 6.45) is 2.50. The number of hydrogen-bond acceptors (Lipinski definition) is 3. The molecule has 1 unspecified atom stereocenters. The van der Waals surface area contributed by atoms with Crippen molar-refractivity contribution in [3.63, 3.8) is 0 Å². The van der Waals surface area contributed by atoms with Crippen molar-refractivity contribution >= 4 is 5.91 Å². The molecule has 2 aromatic carbocycles. The first kappa shape index (κ1) is 22.4. The molecule has 0 saturated carbocycles. The van der Waals surface area contributed by atoms with E-state index >= 15 is 0 Å². The van der Waals surface area contributed by atoms with Crippen LogP contribution in [-0.4, -0.2) is 38.9 Å². The van der Waals surface area contributed by atoms with Gasteiger partial charge >= 0.3 is 0 Å². The largest absolute Gasteiger partial charge is 0.381 e. The second-order valence-corrected chi connectivity index (χ2v) is 7.83. The van der Waals surface area contributed by atoms with Gasteiger partial charge in [0.2, 0.25) is 5.91 Å². The maximum atomic E-state index is 13.8. The predicted molar refractivity (Wildman–Crippen MR) is 112 cm³/mol. The molecule has 0 aliphatic carbocycles. The van der Waals surface area contributed by atoms with E-state index in [2.05, 4.69) is 5.32 Å². The molecule has 1 amide bonds. The van der Waals surface area contributed by atoms with Crippen molar-refractivity contribution in [2.24, 2.45) is 5.41 Å². The minimum Gasteiger partial charge on any atom is -0.381 e. The lowest BCUT2D eigenvalue weighted by Crippen LogP contribution is -2.48. The Morgan fingerprint density at radius 3 is 2.57 bits per heavy atom. The molecule has 1 aliphatic rings. The Balaban J connectivity index is 1.88. The molecule has 1 fully saturated rings. The number of carbonyl (C=O) groups is 1. The lowest BCUT2D eigenvalue weighted by atomic mass is 9.73. The van der Waals surface area contributed by atoms with Gasteiger partial charge in [-0.2, -0.15) is 0 Å². The van der Waals surface area contributed by atoms with Crippen molar-refractivity contribution in [1.82, 2.24) is 5.32 Å². The van der Waals surface area contributed by atoms with Gasteiger partial charge in [-0.05, 0) is 54.5 Å². The summed E-state index contributed by atoms with van der Waals surface area (Å²) in [5.74, 6) is -1.77. The zero-order chi connectivity index (χ0) is 21.6. The number of rotatable bonds is 8. The van der Waals surface area contributed by atoms with Crippen molar-refractivity contribution in [2.45, 2.75) is 38.7 Å². The van der Waals surface area contributed by atoms with Gasteiger partial charge in [0, 0.05) is 26.9 Å². The number of benzene rings is 2. The maximum absolute atomic E-state index is 13.8. The average molecular weight is 417 g/mol. The number of amides is 1. The Labute approximate surface area is 176 Å². The van der Waals surface area contributed by atoms with Gasteiger partial charge in [0.1, 0.15) is 0 Å². The van der Waals surface area contributed by atoms with Crippen LogP contribution in [0.4, 0.5) is 8.78 Å². The van der Waals surface area contributed by atoms with E-state index in [0.29, 0.717) is 44.6 Å². The topological polar surface area (TPSA) is 47.6 Å². The fourth-order valence-corrected chi connectivity index (χ4v) is 4.02. The number of ether oxygens (including phenoxy) is 2. The fraction of sp³-hybridized carbons (Fsp3) is 0.458. The van der Waals surface area contributed by atoms with Crippen molar-refractivity contribution in [1.29, 1.82) is 0 Å². The first-order valence-electron chi connectivity index (χ1n) is 10.4. The molecule has 4 nitrogen and oxygen atoms in total. The van der Waals surface area contributed by atoms with Crippen LogP contribution in [0.15, 0.2) is 42.5 Å². The van der Waals surface area contributed by atoms with Crippen LogP contribution < -0.4 is 5.32 Å². The monoisotopic (exact) mass is 417 g/mol. The summed E-state index contributed by atoms with van der Waals surface area (Å²) >= 11 is 0. The fourth-order valence-electron chi connectivity index (χ4n) is 4.02. The number of halogens is 2. The minimum atomic E-state index is -0.883. The average Bonchev–Trinajstić information content (AvgIpc) is 2.77. The van der Waals surface area contributed by atoms with E-state index < -0.39 is 17.0 Å². The van der Waals surface area contributed by atoms with Gasteiger partial charge in [-0.1, -0.05) is 37.3 Å². The molecule has 2 aromatic rings. The Bertz CT molecular complexity index is 861. The van der Waals surface area contributed by atoms with E-state index in [1.165, 1.54) is 6.07 Å². The van der Waals surface area contributed by atoms with Crippen LogP contribution in [0.5, 0.6) is 0 Å². The number of carbonyl (C=O) groups excluding carboxylic acids is 1. The molecule has 3 rings (SSSR count). The first-order chi connectivity index (χ1) is 14.5. The highest BCUT2D eigenvalue weighted by Crippen LogP contribution is 2.38. The Morgan fingerprint density at radius 2 is 1.90 bits per heavy atom. The summed E-state index contributed by atoms with van der Waals surface area (Å²) in [4.78, 5) is 13.3. The van der Waals surface area contributed by atoms with Gasteiger partial charge in [-0.15, -0.1) is 0 Å². The van der Waals surface area contributed by atoms with Crippen LogP contribution in [-0.2, 0) is 20.7 Å². The highest BCUT2D eigenvalue weighted by molar-refractivity contribution is 5.83. The van der Waals surface area contributed by atoms with Gasteiger partial charge in [0.05, 0.1) is 11.5 Å². The highest BCUT2D eigenvalue weighted by Gasteiger charge is 2.40. The molecule has 0 aromatic heterocycles. The third-order valence-electron chi connectivity index (χ3n) is 5.99. The molecule has 1 saturated heterocycles. The van der Waals surface area contributed by atoms with E-state index in [1.807, 2.05) is 31.2 Å². The van der Waals surface area contributed by atoms with Crippen LogP contribution >= 0.6 is 0 Å². The van der Waals surface area contributed by atoms with Crippen LogP contribution in [0.2, 0.25) is 0 Å². The SMILES string of the molecule is CCC(CNC(=O)C1(Cc2ccccc2-c2ccc(F)c(F)c2)CCOCC1)OC. The second kappa shape index (κ2) is 10.1. The Hall–Kier alpha value is -2.31. The highest BCUT2D eigenvalue weighted by atomic mass is 19.2. The van der Waals surface area contributed by atoms with Crippen LogP contribution in [0.25, 0.3) is 11.1 Å². The van der Waals surface area contributed by atoms with Crippen LogP contribution in [0.1, 0.15) is 31.7 Å². The van der Waals surface area contributed by atoms with Gasteiger partial charge in [0.15, 0.2) is 11.6 Å². The van der Waals surface area contributed by atoms with E-state index in [-0.39, 0.29) is 12.0 Å². The second-order valence-electron chi connectivity index (χ2n) is 7.83. The van der Waals surface area contributed by atoms with Gasteiger partial charge in [-0.25, -0.2) is 8.78 Å². The molecule has 0 radical (unpaired) electrons. The molecular formula is C24H29F2NO3. The summed E-state index contributed by atoms with van der Waals surface area (Å²) in [5, 5.41) is 3.06. The van der Waals surface area contributed by atoms with Crippen LogP contribution in [0, 0.1) is 17.0 Å². The van der Waals surface area contributed by atoms with Crippen molar-refractivity contribution < 1.29 is 23.0 Å². The summed E-state index contributed by atoms with van der Waals surface area (Å²) < 4.78 is 38.2. The lowest BCUT2D eigenvalue weighted by Gasteiger charge is -2.36. The molecule has 0 bridgehead atoms. The smallest absolute Gasteiger partial charge is 0.226 e. The van der Waals surface area contributed by atoms with E-state index in [9.17, 15) is 13.6 Å². The van der Waals surface area contributed by atoms with E-state index in [0.717, 1.165) is 23.6 Å². The molecule has 1 heterocycles. The third kappa shape index (κ3) is 5.05. The molecule has 0 spiro atoms. The molecule has 1 aliphatic heterocycles. The molecule has 1 atom stereocenters. The molecule has 162 valence electrons. The molecule has 6 heteroatoms. The van der Waals surface area contributed by atoms with Gasteiger partial charge < -0.3 is 14.8 Å². The standard InChI is InChI=1S/C24H29F2NO3/c1-3-19(29-2)16-27-23(28)24(10-12-30-13-11-24)15-18-6-4-5-7-20(18)17-8-9-21(25)22(26)14-17/h4-9,14,19H,3,10-13,15-16H2,1-2H3,(H,27,28). The van der Waals surface area contributed by atoms with Crippen molar-refractivity contribution in [3.05, 3.63) is 59.7 Å². The van der Waals surface area contributed by atoms with Gasteiger partial charge in [0.25, 0.3) is 0 Å². The first-order valence-corrected chi connectivity index (χ1v) is 10.4.